The fraction of sp³-hybridized carbons (Fsp3) is 0.471. The molecule has 144 valence electrons. The van der Waals surface area contributed by atoms with Crippen molar-refractivity contribution in [3.8, 4) is 0 Å². The quantitative estimate of drug-likeness (QED) is 0.794. The molecule has 2 fully saturated rings. The van der Waals surface area contributed by atoms with E-state index in [0.29, 0.717) is 38.5 Å². The van der Waals surface area contributed by atoms with Crippen molar-refractivity contribution in [2.75, 3.05) is 43.9 Å². The maximum absolute atomic E-state index is 12.8. The normalized spacial score (nSPS) is 22.0. The van der Waals surface area contributed by atoms with Crippen molar-refractivity contribution in [3.05, 3.63) is 24.3 Å². The molecular weight excluding hydrogens is 370 g/mol. The van der Waals surface area contributed by atoms with E-state index in [1.807, 2.05) is 24.3 Å². The van der Waals surface area contributed by atoms with Crippen LogP contribution in [0.5, 0.6) is 0 Å². The summed E-state index contributed by atoms with van der Waals surface area (Å²) in [6, 6.07) is 7.54. The molecule has 3 heterocycles. The Bertz CT molecular complexity index is 994. The molecular formula is C17H21N5O4S. The number of nitrogens with zero attached hydrogens (tertiary/aromatic N) is 4. The van der Waals surface area contributed by atoms with Crippen molar-refractivity contribution in [3.63, 3.8) is 0 Å². The summed E-state index contributed by atoms with van der Waals surface area (Å²) in [6.45, 7) is 1.57. The van der Waals surface area contributed by atoms with Crippen LogP contribution in [0.25, 0.3) is 10.9 Å². The van der Waals surface area contributed by atoms with E-state index in [-0.39, 0.29) is 18.2 Å². The number of fused-ring (bicyclic) bond motifs is 1. The van der Waals surface area contributed by atoms with E-state index in [0.717, 1.165) is 10.9 Å². The number of hydrogen-bond acceptors (Lipinski definition) is 5. The molecule has 1 N–H and O–H groups in total. The Morgan fingerprint density at radius 3 is 2.59 bits per heavy atom. The Morgan fingerprint density at radius 2 is 1.89 bits per heavy atom. The fourth-order valence-corrected chi connectivity index (χ4v) is 4.56. The molecule has 0 bridgehead atoms. The van der Waals surface area contributed by atoms with Crippen LogP contribution in [-0.2, 0) is 19.6 Å². The van der Waals surface area contributed by atoms with Gasteiger partial charge in [-0.05, 0) is 12.1 Å². The first-order valence-electron chi connectivity index (χ1n) is 8.82. The Morgan fingerprint density at radius 1 is 1.19 bits per heavy atom. The van der Waals surface area contributed by atoms with Crippen LogP contribution >= 0.6 is 0 Å². The van der Waals surface area contributed by atoms with Gasteiger partial charge in [0.2, 0.25) is 21.8 Å². The summed E-state index contributed by atoms with van der Waals surface area (Å²) < 4.78 is 24.6. The first kappa shape index (κ1) is 17.9. The number of carbonyl (C=O) groups excluding carboxylic acids is 2. The highest BCUT2D eigenvalue weighted by atomic mass is 32.2. The Kier molecular flexibility index (Phi) is 4.39. The van der Waals surface area contributed by atoms with E-state index in [2.05, 4.69) is 10.2 Å². The molecule has 0 saturated carbocycles. The minimum atomic E-state index is -3.24. The zero-order chi connectivity index (χ0) is 19.2. The summed E-state index contributed by atoms with van der Waals surface area (Å²) in [4.78, 5) is 28.6. The van der Waals surface area contributed by atoms with E-state index in [1.54, 1.807) is 9.80 Å². The predicted octanol–water partition coefficient (Wildman–Crippen LogP) is 0.0196. The van der Waals surface area contributed by atoms with Crippen molar-refractivity contribution in [1.82, 2.24) is 19.4 Å². The number of aromatic amines is 1. The minimum absolute atomic E-state index is 0.0983. The Hall–Kier alpha value is -2.46. The lowest BCUT2D eigenvalue weighted by Crippen LogP contribution is -2.51. The smallest absolute Gasteiger partial charge is 0.229 e. The maximum Gasteiger partial charge on any atom is 0.229 e. The number of nitrogens with one attached hydrogen (secondary N) is 1. The summed E-state index contributed by atoms with van der Waals surface area (Å²) >= 11 is 0. The van der Waals surface area contributed by atoms with E-state index in [4.69, 9.17) is 0 Å². The largest absolute Gasteiger partial charge is 0.340 e. The van der Waals surface area contributed by atoms with Crippen molar-refractivity contribution < 1.29 is 18.0 Å². The van der Waals surface area contributed by atoms with Gasteiger partial charge in [-0.3, -0.25) is 19.6 Å². The summed E-state index contributed by atoms with van der Waals surface area (Å²) in [6.07, 6.45) is 1.32. The highest BCUT2D eigenvalue weighted by Crippen LogP contribution is 2.30. The number of benzene rings is 1. The molecule has 27 heavy (non-hydrogen) atoms. The molecule has 2 aliphatic rings. The average molecular weight is 391 g/mol. The zero-order valence-corrected chi connectivity index (χ0v) is 15.8. The lowest BCUT2D eigenvalue weighted by Gasteiger charge is -2.34. The van der Waals surface area contributed by atoms with Gasteiger partial charge < -0.3 is 4.90 Å². The van der Waals surface area contributed by atoms with Gasteiger partial charge in [0.25, 0.3) is 0 Å². The highest BCUT2D eigenvalue weighted by molar-refractivity contribution is 7.88. The summed E-state index contributed by atoms with van der Waals surface area (Å²) in [5.41, 5.74) is 0.840. The lowest BCUT2D eigenvalue weighted by molar-refractivity contribution is -0.136. The van der Waals surface area contributed by atoms with Gasteiger partial charge in [0.1, 0.15) is 0 Å². The molecule has 0 radical (unpaired) electrons. The number of hydrogen-bond donors (Lipinski definition) is 1. The number of amides is 2. The molecule has 10 heteroatoms. The van der Waals surface area contributed by atoms with Crippen molar-refractivity contribution >= 4 is 38.6 Å². The predicted molar refractivity (Wildman–Crippen MR) is 99.6 cm³/mol. The molecule has 2 aromatic rings. The second-order valence-corrected chi connectivity index (χ2v) is 8.97. The summed E-state index contributed by atoms with van der Waals surface area (Å²) in [5.74, 6) is -0.107. The van der Waals surface area contributed by atoms with Gasteiger partial charge in [-0.2, -0.15) is 9.40 Å². The molecule has 0 spiro atoms. The van der Waals surface area contributed by atoms with Gasteiger partial charge in [0, 0.05) is 44.5 Å². The maximum atomic E-state index is 12.8. The van der Waals surface area contributed by atoms with E-state index in [1.165, 1.54) is 10.6 Å². The number of rotatable bonds is 3. The summed E-state index contributed by atoms with van der Waals surface area (Å²) in [5, 5.41) is 8.01. The van der Waals surface area contributed by atoms with Crippen LogP contribution < -0.4 is 4.90 Å². The topological polar surface area (TPSA) is 107 Å². The Balaban J connectivity index is 1.46. The molecule has 2 saturated heterocycles. The second-order valence-electron chi connectivity index (χ2n) is 6.99. The van der Waals surface area contributed by atoms with Crippen LogP contribution in [0.1, 0.15) is 6.42 Å². The van der Waals surface area contributed by atoms with Gasteiger partial charge >= 0.3 is 0 Å². The van der Waals surface area contributed by atoms with Gasteiger partial charge in [-0.15, -0.1) is 0 Å². The summed E-state index contributed by atoms with van der Waals surface area (Å²) in [7, 11) is -3.24. The number of piperazine rings is 1. The van der Waals surface area contributed by atoms with E-state index in [9.17, 15) is 18.0 Å². The van der Waals surface area contributed by atoms with E-state index < -0.39 is 15.9 Å². The van der Waals surface area contributed by atoms with Crippen LogP contribution in [-0.4, -0.2) is 78.6 Å². The third-order valence-electron chi connectivity index (χ3n) is 5.20. The molecule has 1 aromatic heterocycles. The molecule has 2 amide bonds. The van der Waals surface area contributed by atoms with Gasteiger partial charge in [-0.1, -0.05) is 12.1 Å². The number of sulfonamides is 1. The molecule has 4 rings (SSSR count). The standard InChI is InChI=1S/C17H21N5O4S/c1-27(25,26)21-8-6-20(7-9-21)17(24)12-10-15(23)22(11-12)16-13-4-2-3-5-14(13)18-19-16/h2-5,12H,6-11H2,1H3,(H,18,19)/t12-/m1/s1. The third kappa shape index (κ3) is 3.30. The number of carbonyl (C=O) groups is 2. The Labute approximate surface area is 157 Å². The van der Waals surface area contributed by atoms with Crippen LogP contribution in [0, 0.1) is 5.92 Å². The molecule has 2 aliphatic heterocycles. The van der Waals surface area contributed by atoms with Crippen LogP contribution in [0.3, 0.4) is 0 Å². The van der Waals surface area contributed by atoms with Gasteiger partial charge in [0.05, 0.1) is 17.7 Å². The van der Waals surface area contributed by atoms with Gasteiger partial charge in [0.15, 0.2) is 5.82 Å². The first-order valence-corrected chi connectivity index (χ1v) is 10.7. The molecule has 1 aromatic carbocycles. The SMILES string of the molecule is CS(=O)(=O)N1CCN(C(=O)[C@@H]2CC(=O)N(c3n[nH]c4ccccc34)C2)CC1. The average Bonchev–Trinajstić information content (AvgIpc) is 3.24. The zero-order valence-electron chi connectivity index (χ0n) is 15.0. The number of H-pyrrole nitrogens is 1. The van der Waals surface area contributed by atoms with Crippen molar-refractivity contribution in [1.29, 1.82) is 0 Å². The van der Waals surface area contributed by atoms with Crippen LogP contribution in [0.2, 0.25) is 0 Å². The van der Waals surface area contributed by atoms with Crippen LogP contribution in [0.15, 0.2) is 24.3 Å². The minimum Gasteiger partial charge on any atom is -0.340 e. The highest BCUT2D eigenvalue weighted by Gasteiger charge is 2.39. The van der Waals surface area contributed by atoms with Crippen molar-refractivity contribution in [2.45, 2.75) is 6.42 Å². The molecule has 9 nitrogen and oxygen atoms in total. The third-order valence-corrected chi connectivity index (χ3v) is 6.50. The molecule has 0 unspecified atom stereocenters. The molecule has 1 atom stereocenters. The van der Waals surface area contributed by atoms with Crippen LogP contribution in [0.4, 0.5) is 5.82 Å². The monoisotopic (exact) mass is 391 g/mol. The second kappa shape index (κ2) is 6.61. The van der Waals surface area contributed by atoms with E-state index >= 15 is 0 Å². The fourth-order valence-electron chi connectivity index (χ4n) is 3.73. The number of anilines is 1. The molecule has 0 aliphatic carbocycles. The number of para-hydroxylation sites is 1. The first-order chi connectivity index (χ1) is 12.8. The number of aromatic nitrogens is 2. The van der Waals surface area contributed by atoms with Crippen molar-refractivity contribution in [2.24, 2.45) is 5.92 Å². The lowest BCUT2D eigenvalue weighted by atomic mass is 10.1. The van der Waals surface area contributed by atoms with Gasteiger partial charge in [-0.25, -0.2) is 8.42 Å².